The first kappa shape index (κ1) is 16.7. The van der Waals surface area contributed by atoms with Crippen molar-refractivity contribution in [3.63, 3.8) is 0 Å². The predicted molar refractivity (Wildman–Crippen MR) is 79.3 cm³/mol. The second-order valence-corrected chi connectivity index (χ2v) is 5.02. The summed E-state index contributed by atoms with van der Waals surface area (Å²) in [5.41, 5.74) is 5.42. The smallest absolute Gasteiger partial charge is 0.00426 e. The van der Waals surface area contributed by atoms with Crippen molar-refractivity contribution in [2.24, 2.45) is 5.73 Å². The summed E-state index contributed by atoms with van der Waals surface area (Å²) in [7, 11) is 0. The van der Waals surface area contributed by atoms with E-state index in [4.69, 9.17) is 5.73 Å². The molecule has 0 amide bonds. The van der Waals surface area contributed by atoms with Gasteiger partial charge in [-0.1, -0.05) is 76.9 Å². The second-order valence-electron chi connectivity index (χ2n) is 5.02. The lowest BCUT2D eigenvalue weighted by atomic mass is 10.1. The first-order valence-corrected chi connectivity index (χ1v) is 7.77. The van der Waals surface area contributed by atoms with Gasteiger partial charge in [0.05, 0.1) is 0 Å². The third-order valence-corrected chi connectivity index (χ3v) is 3.22. The van der Waals surface area contributed by atoms with Crippen LogP contribution in [0.15, 0.2) is 12.2 Å². The molecule has 17 heavy (non-hydrogen) atoms. The predicted octanol–water partition coefficient (Wildman–Crippen LogP) is 5.20. The first-order chi connectivity index (χ1) is 8.41. The summed E-state index contributed by atoms with van der Waals surface area (Å²) in [5, 5.41) is 0. The van der Waals surface area contributed by atoms with Crippen LogP contribution in [0.2, 0.25) is 0 Å². The summed E-state index contributed by atoms with van der Waals surface area (Å²) < 4.78 is 0. The quantitative estimate of drug-likeness (QED) is 0.347. The number of unbranched alkanes of at least 4 members (excludes halogenated alkanes) is 10. The van der Waals surface area contributed by atoms with Crippen LogP contribution in [0.4, 0.5) is 0 Å². The Morgan fingerprint density at radius 1 is 0.647 bits per heavy atom. The van der Waals surface area contributed by atoms with Gasteiger partial charge >= 0.3 is 0 Å². The SMILES string of the molecule is CCCCCCCCCCCC/C=C/CCN. The zero-order valence-corrected chi connectivity index (χ0v) is 11.9. The molecule has 0 unspecified atom stereocenters. The maximum Gasteiger partial charge on any atom is -0.00426 e. The van der Waals surface area contributed by atoms with Crippen molar-refractivity contribution in [1.82, 2.24) is 0 Å². The van der Waals surface area contributed by atoms with Crippen molar-refractivity contribution in [3.8, 4) is 0 Å². The van der Waals surface area contributed by atoms with Crippen molar-refractivity contribution in [2.45, 2.75) is 84.0 Å². The molecule has 1 nitrogen and oxygen atoms in total. The summed E-state index contributed by atoms with van der Waals surface area (Å²) in [6, 6.07) is 0. The van der Waals surface area contributed by atoms with E-state index in [2.05, 4.69) is 19.1 Å². The van der Waals surface area contributed by atoms with Gasteiger partial charge in [0.1, 0.15) is 0 Å². The van der Waals surface area contributed by atoms with Crippen molar-refractivity contribution in [3.05, 3.63) is 12.2 Å². The Labute approximate surface area is 109 Å². The monoisotopic (exact) mass is 239 g/mol. The Bertz CT molecular complexity index is 152. The molecule has 0 saturated heterocycles. The van der Waals surface area contributed by atoms with Crippen LogP contribution in [0.25, 0.3) is 0 Å². The van der Waals surface area contributed by atoms with Crippen molar-refractivity contribution in [1.29, 1.82) is 0 Å². The number of hydrogen-bond donors (Lipinski definition) is 1. The van der Waals surface area contributed by atoms with Crippen LogP contribution in [-0.4, -0.2) is 6.54 Å². The van der Waals surface area contributed by atoms with Gasteiger partial charge in [0.25, 0.3) is 0 Å². The van der Waals surface area contributed by atoms with Crippen LogP contribution in [0.1, 0.15) is 84.0 Å². The highest BCUT2D eigenvalue weighted by molar-refractivity contribution is 4.81. The molecular weight excluding hydrogens is 206 g/mol. The molecule has 0 rings (SSSR count). The molecule has 0 aliphatic carbocycles. The Morgan fingerprint density at radius 3 is 1.65 bits per heavy atom. The number of allylic oxidation sites excluding steroid dienone is 1. The number of nitrogens with two attached hydrogens (primary N) is 1. The fourth-order valence-corrected chi connectivity index (χ4v) is 2.08. The summed E-state index contributed by atoms with van der Waals surface area (Å²) in [6.07, 6.45) is 21.0. The van der Waals surface area contributed by atoms with E-state index in [1.807, 2.05) is 0 Å². The van der Waals surface area contributed by atoms with Gasteiger partial charge in [0.2, 0.25) is 0 Å². The van der Waals surface area contributed by atoms with Gasteiger partial charge in [-0.25, -0.2) is 0 Å². The van der Waals surface area contributed by atoms with Gasteiger partial charge in [-0.3, -0.25) is 0 Å². The fourth-order valence-electron chi connectivity index (χ4n) is 2.08. The molecule has 2 N–H and O–H groups in total. The molecule has 0 aromatic rings. The Morgan fingerprint density at radius 2 is 1.12 bits per heavy atom. The van der Waals surface area contributed by atoms with Gasteiger partial charge in [-0.15, -0.1) is 0 Å². The summed E-state index contributed by atoms with van der Waals surface area (Å²) in [4.78, 5) is 0. The molecule has 0 atom stereocenters. The highest BCUT2D eigenvalue weighted by Gasteiger charge is 1.91. The van der Waals surface area contributed by atoms with E-state index in [9.17, 15) is 0 Å². The molecule has 102 valence electrons. The van der Waals surface area contributed by atoms with Crippen LogP contribution in [0, 0.1) is 0 Å². The second kappa shape index (κ2) is 15.7. The van der Waals surface area contributed by atoms with E-state index in [1.165, 1.54) is 70.6 Å². The Kier molecular flexibility index (Phi) is 15.4. The maximum atomic E-state index is 5.42. The molecule has 0 aliphatic rings. The summed E-state index contributed by atoms with van der Waals surface area (Å²) in [5.74, 6) is 0. The normalized spacial score (nSPS) is 11.4. The van der Waals surface area contributed by atoms with Crippen LogP contribution in [-0.2, 0) is 0 Å². The highest BCUT2D eigenvalue weighted by atomic mass is 14.5. The molecule has 0 aliphatic heterocycles. The van der Waals surface area contributed by atoms with Crippen LogP contribution in [0.3, 0.4) is 0 Å². The molecule has 0 radical (unpaired) electrons. The van der Waals surface area contributed by atoms with Gasteiger partial charge in [0.15, 0.2) is 0 Å². The third kappa shape index (κ3) is 15.7. The molecular formula is C16H33N. The third-order valence-electron chi connectivity index (χ3n) is 3.22. The lowest BCUT2D eigenvalue weighted by Gasteiger charge is -2.01. The average Bonchev–Trinajstić information content (AvgIpc) is 2.35. The molecule has 0 fully saturated rings. The standard InChI is InChI=1S/C16H33N/c1-2-3-4-5-6-7-8-9-10-11-12-13-14-15-16-17/h13-14H,2-12,15-17H2,1H3/b14-13+. The zero-order chi connectivity index (χ0) is 12.6. The largest absolute Gasteiger partial charge is 0.330 e. The van der Waals surface area contributed by atoms with Crippen LogP contribution < -0.4 is 5.73 Å². The summed E-state index contributed by atoms with van der Waals surface area (Å²) >= 11 is 0. The highest BCUT2D eigenvalue weighted by Crippen LogP contribution is 2.11. The van der Waals surface area contributed by atoms with Crippen molar-refractivity contribution in [2.75, 3.05) is 6.54 Å². The lowest BCUT2D eigenvalue weighted by molar-refractivity contribution is 0.557. The van der Waals surface area contributed by atoms with Gasteiger partial charge in [-0.05, 0) is 25.8 Å². The average molecular weight is 239 g/mol. The molecule has 0 saturated carbocycles. The Balaban J connectivity index is 2.94. The van der Waals surface area contributed by atoms with Crippen LogP contribution >= 0.6 is 0 Å². The van der Waals surface area contributed by atoms with Crippen LogP contribution in [0.5, 0.6) is 0 Å². The van der Waals surface area contributed by atoms with Gasteiger partial charge in [-0.2, -0.15) is 0 Å². The zero-order valence-electron chi connectivity index (χ0n) is 11.9. The van der Waals surface area contributed by atoms with E-state index >= 15 is 0 Å². The first-order valence-electron chi connectivity index (χ1n) is 7.77. The van der Waals surface area contributed by atoms with Gasteiger partial charge < -0.3 is 5.73 Å². The maximum absolute atomic E-state index is 5.42. The minimum Gasteiger partial charge on any atom is -0.330 e. The molecule has 1 heteroatoms. The van der Waals surface area contributed by atoms with Gasteiger partial charge in [0, 0.05) is 0 Å². The summed E-state index contributed by atoms with van der Waals surface area (Å²) in [6.45, 7) is 3.07. The minimum atomic E-state index is 0.786. The molecule has 0 bridgehead atoms. The van der Waals surface area contributed by atoms with Crippen molar-refractivity contribution >= 4 is 0 Å². The molecule has 0 aromatic heterocycles. The van der Waals surface area contributed by atoms with E-state index < -0.39 is 0 Å². The molecule has 0 heterocycles. The number of rotatable bonds is 13. The lowest BCUT2D eigenvalue weighted by Crippen LogP contribution is -1.94. The van der Waals surface area contributed by atoms with E-state index in [-0.39, 0.29) is 0 Å². The molecule has 0 aromatic carbocycles. The Hall–Kier alpha value is -0.300. The minimum absolute atomic E-state index is 0.786. The van der Waals surface area contributed by atoms with E-state index in [1.54, 1.807) is 0 Å². The van der Waals surface area contributed by atoms with E-state index in [0.29, 0.717) is 0 Å². The number of hydrogen-bond acceptors (Lipinski definition) is 1. The van der Waals surface area contributed by atoms with Crippen molar-refractivity contribution < 1.29 is 0 Å². The fraction of sp³-hybridized carbons (Fsp3) is 0.875. The topological polar surface area (TPSA) is 26.0 Å². The van der Waals surface area contributed by atoms with E-state index in [0.717, 1.165) is 13.0 Å². The molecule has 0 spiro atoms.